The molecular weight excluding hydrogens is 304 g/mol. The van der Waals surface area contributed by atoms with Gasteiger partial charge in [0.25, 0.3) is 0 Å². The van der Waals surface area contributed by atoms with Crippen LogP contribution in [-0.4, -0.2) is 18.0 Å². The fourth-order valence-corrected chi connectivity index (χ4v) is 3.61. The van der Waals surface area contributed by atoms with Gasteiger partial charge >= 0.3 is 0 Å². The Labute approximate surface area is 122 Å². The van der Waals surface area contributed by atoms with Gasteiger partial charge in [0.15, 0.2) is 5.78 Å². The smallest absolute Gasteiger partial charge is 0.166 e. The van der Waals surface area contributed by atoms with Crippen molar-refractivity contribution < 1.29 is 9.53 Å². The highest BCUT2D eigenvalue weighted by atomic mass is 79.9. The number of benzene rings is 1. The molecular formula is C16H19BrO2. The van der Waals surface area contributed by atoms with Crippen molar-refractivity contribution in [3.8, 4) is 0 Å². The average Bonchev–Trinajstić information content (AvgIpc) is 2.39. The summed E-state index contributed by atoms with van der Waals surface area (Å²) in [7, 11) is 0. The second kappa shape index (κ2) is 5.02. The highest BCUT2D eigenvalue weighted by Crippen LogP contribution is 2.45. The van der Waals surface area contributed by atoms with Gasteiger partial charge in [-0.1, -0.05) is 22.0 Å². The molecule has 1 heterocycles. The van der Waals surface area contributed by atoms with E-state index in [0.717, 1.165) is 47.9 Å². The Morgan fingerprint density at radius 2 is 2.21 bits per heavy atom. The van der Waals surface area contributed by atoms with Gasteiger partial charge in [0.05, 0.1) is 5.60 Å². The molecule has 1 aromatic carbocycles. The van der Waals surface area contributed by atoms with Gasteiger partial charge in [-0.05, 0) is 56.7 Å². The fourth-order valence-electron chi connectivity index (χ4n) is 3.25. The van der Waals surface area contributed by atoms with Gasteiger partial charge in [-0.2, -0.15) is 0 Å². The minimum Gasteiger partial charge on any atom is -0.375 e. The number of aryl methyl sites for hydroxylation is 1. The van der Waals surface area contributed by atoms with Crippen molar-refractivity contribution in [1.82, 2.24) is 0 Å². The highest BCUT2D eigenvalue weighted by molar-refractivity contribution is 9.10. The topological polar surface area (TPSA) is 26.3 Å². The predicted octanol–water partition coefficient (Wildman–Crippen LogP) is 4.29. The maximum absolute atomic E-state index is 12.7. The molecule has 2 aliphatic rings. The lowest BCUT2D eigenvalue weighted by Crippen LogP contribution is -2.47. The number of rotatable bonds is 2. The number of carbonyl (C=O) groups excluding carboxylic acids is 1. The summed E-state index contributed by atoms with van der Waals surface area (Å²) < 4.78 is 6.89. The van der Waals surface area contributed by atoms with Crippen LogP contribution in [-0.2, 0) is 4.74 Å². The van der Waals surface area contributed by atoms with Crippen molar-refractivity contribution in [3.05, 3.63) is 33.8 Å². The lowest BCUT2D eigenvalue weighted by Gasteiger charge is -2.46. The van der Waals surface area contributed by atoms with E-state index in [1.54, 1.807) is 0 Å². The van der Waals surface area contributed by atoms with Crippen molar-refractivity contribution in [1.29, 1.82) is 0 Å². The monoisotopic (exact) mass is 322 g/mol. The summed E-state index contributed by atoms with van der Waals surface area (Å²) in [6.45, 7) is 2.75. The van der Waals surface area contributed by atoms with Crippen LogP contribution in [0.25, 0.3) is 0 Å². The van der Waals surface area contributed by atoms with E-state index >= 15 is 0 Å². The van der Waals surface area contributed by atoms with Gasteiger partial charge in [0.1, 0.15) is 0 Å². The summed E-state index contributed by atoms with van der Waals surface area (Å²) in [6, 6.07) is 5.96. The predicted molar refractivity (Wildman–Crippen MR) is 78.5 cm³/mol. The molecule has 19 heavy (non-hydrogen) atoms. The molecule has 1 aliphatic heterocycles. The fraction of sp³-hybridized carbons (Fsp3) is 0.562. The Morgan fingerprint density at radius 1 is 1.42 bits per heavy atom. The Morgan fingerprint density at radius 3 is 2.89 bits per heavy atom. The standard InChI is InChI=1S/C16H19BrO2/c1-11-3-4-13(17)9-14(11)15(18)12-5-8-19-16(10-12)6-2-7-16/h3-4,9,12H,2,5-8,10H2,1H3. The third-order valence-electron chi connectivity index (χ3n) is 4.59. The van der Waals surface area contributed by atoms with Gasteiger partial charge in [0, 0.05) is 22.6 Å². The van der Waals surface area contributed by atoms with Gasteiger partial charge < -0.3 is 4.74 Å². The lowest BCUT2D eigenvalue weighted by atomic mass is 9.70. The van der Waals surface area contributed by atoms with Gasteiger partial charge in [0.2, 0.25) is 0 Å². The van der Waals surface area contributed by atoms with Crippen LogP contribution in [0, 0.1) is 12.8 Å². The Bertz CT molecular complexity index is 505. The Hall–Kier alpha value is -0.670. The van der Waals surface area contributed by atoms with Crippen LogP contribution in [0.15, 0.2) is 22.7 Å². The maximum atomic E-state index is 12.7. The zero-order chi connectivity index (χ0) is 13.5. The van der Waals surface area contributed by atoms with Crippen molar-refractivity contribution in [2.24, 2.45) is 5.92 Å². The summed E-state index contributed by atoms with van der Waals surface area (Å²) in [5.74, 6) is 0.440. The van der Waals surface area contributed by atoms with Crippen molar-refractivity contribution in [2.75, 3.05) is 6.61 Å². The molecule has 3 rings (SSSR count). The Kier molecular flexibility index (Phi) is 3.52. The van der Waals surface area contributed by atoms with E-state index in [1.807, 2.05) is 25.1 Å². The van der Waals surface area contributed by atoms with Gasteiger partial charge in [-0.3, -0.25) is 4.79 Å². The third-order valence-corrected chi connectivity index (χ3v) is 5.09. The first kappa shape index (κ1) is 13.3. The van der Waals surface area contributed by atoms with Crippen LogP contribution in [0.4, 0.5) is 0 Å². The summed E-state index contributed by atoms with van der Waals surface area (Å²) in [4.78, 5) is 12.7. The van der Waals surface area contributed by atoms with E-state index in [-0.39, 0.29) is 11.5 Å². The molecule has 0 radical (unpaired) electrons. The largest absolute Gasteiger partial charge is 0.375 e. The third kappa shape index (κ3) is 2.50. The van der Waals surface area contributed by atoms with E-state index < -0.39 is 0 Å². The van der Waals surface area contributed by atoms with E-state index in [2.05, 4.69) is 15.9 Å². The maximum Gasteiger partial charge on any atom is 0.166 e. The van der Waals surface area contributed by atoms with Crippen LogP contribution in [0.3, 0.4) is 0 Å². The quantitative estimate of drug-likeness (QED) is 0.759. The van der Waals surface area contributed by atoms with E-state index in [4.69, 9.17) is 4.74 Å². The molecule has 2 fully saturated rings. The first-order valence-corrected chi connectivity index (χ1v) is 7.83. The highest BCUT2D eigenvalue weighted by Gasteiger charge is 2.44. The van der Waals surface area contributed by atoms with Crippen LogP contribution in [0.1, 0.15) is 48.0 Å². The van der Waals surface area contributed by atoms with Crippen LogP contribution in [0.2, 0.25) is 0 Å². The van der Waals surface area contributed by atoms with Gasteiger partial charge in [-0.15, -0.1) is 0 Å². The molecule has 1 saturated carbocycles. The SMILES string of the molecule is Cc1ccc(Br)cc1C(=O)C1CCOC2(CCC2)C1. The molecule has 1 saturated heterocycles. The molecule has 0 N–H and O–H groups in total. The minimum absolute atomic E-state index is 0.0402. The summed E-state index contributed by atoms with van der Waals surface area (Å²) in [6.07, 6.45) is 5.30. The number of ether oxygens (including phenoxy) is 1. The number of hydrogen-bond acceptors (Lipinski definition) is 2. The summed E-state index contributed by atoms with van der Waals surface area (Å²) >= 11 is 3.46. The van der Waals surface area contributed by atoms with Crippen LogP contribution < -0.4 is 0 Å². The zero-order valence-corrected chi connectivity index (χ0v) is 12.8. The molecule has 1 aromatic rings. The zero-order valence-electron chi connectivity index (χ0n) is 11.2. The molecule has 1 aliphatic carbocycles. The number of halogens is 1. The van der Waals surface area contributed by atoms with Crippen molar-refractivity contribution in [3.63, 3.8) is 0 Å². The number of hydrogen-bond donors (Lipinski definition) is 0. The second-order valence-corrected chi connectivity index (χ2v) is 6.81. The molecule has 2 nitrogen and oxygen atoms in total. The first-order valence-electron chi connectivity index (χ1n) is 7.04. The second-order valence-electron chi connectivity index (χ2n) is 5.90. The lowest BCUT2D eigenvalue weighted by molar-refractivity contribution is -0.137. The Balaban J connectivity index is 1.81. The number of ketones is 1. The first-order chi connectivity index (χ1) is 9.10. The molecule has 3 heteroatoms. The summed E-state index contributed by atoms with van der Waals surface area (Å²) in [5, 5.41) is 0. The van der Waals surface area contributed by atoms with Crippen LogP contribution >= 0.6 is 15.9 Å². The van der Waals surface area contributed by atoms with Crippen molar-refractivity contribution in [2.45, 2.75) is 44.6 Å². The molecule has 0 aromatic heterocycles. The molecule has 1 unspecified atom stereocenters. The number of Topliss-reactive ketones (excluding diaryl/α,β-unsaturated/α-hetero) is 1. The van der Waals surface area contributed by atoms with E-state index in [9.17, 15) is 4.79 Å². The van der Waals surface area contributed by atoms with Crippen LogP contribution in [0.5, 0.6) is 0 Å². The molecule has 102 valence electrons. The minimum atomic E-state index is 0.0402. The summed E-state index contributed by atoms with van der Waals surface area (Å²) in [5.41, 5.74) is 1.98. The number of carbonyl (C=O) groups is 1. The molecule has 0 bridgehead atoms. The van der Waals surface area contributed by atoms with E-state index in [1.165, 1.54) is 6.42 Å². The van der Waals surface area contributed by atoms with E-state index in [0.29, 0.717) is 5.78 Å². The van der Waals surface area contributed by atoms with Gasteiger partial charge in [-0.25, -0.2) is 0 Å². The van der Waals surface area contributed by atoms with Crippen molar-refractivity contribution >= 4 is 21.7 Å². The molecule has 1 atom stereocenters. The normalized spacial score (nSPS) is 25.1. The average molecular weight is 323 g/mol. The molecule has 1 spiro atoms. The molecule has 0 amide bonds.